The molecule has 4 heteroatoms. The fraction of sp³-hybridized carbons (Fsp3) is 0.0476. The minimum absolute atomic E-state index is 0.309. The van der Waals surface area contributed by atoms with Crippen LogP contribution in [0.1, 0.15) is 17.0 Å². The molecule has 0 aliphatic rings. The Balaban J connectivity index is 1.68. The van der Waals surface area contributed by atoms with E-state index in [-0.39, 0.29) is 5.97 Å². The normalized spacial score (nSPS) is 10.9. The Morgan fingerprint density at radius 2 is 1.52 bits per heavy atom. The zero-order chi connectivity index (χ0) is 17.1. The standard InChI is InChI=1S/C21H16N2O2/c24-21(25-17-11-12-18-19(13-17)23-14-22-18)20(15-7-3-1-4-8-15)16-9-5-2-6-10-16/h1-14,20H,(H,22,23). The number of aromatic nitrogens is 2. The summed E-state index contributed by atoms with van der Waals surface area (Å²) in [6.07, 6.45) is 1.62. The van der Waals surface area contributed by atoms with Crippen molar-refractivity contribution in [3.63, 3.8) is 0 Å². The van der Waals surface area contributed by atoms with Crippen molar-refractivity contribution >= 4 is 17.0 Å². The molecule has 4 rings (SSSR count). The first-order valence-corrected chi connectivity index (χ1v) is 8.06. The molecular formula is C21H16N2O2. The molecule has 0 bridgehead atoms. The number of aromatic amines is 1. The van der Waals surface area contributed by atoms with Crippen LogP contribution in [0.4, 0.5) is 0 Å². The fourth-order valence-corrected chi connectivity index (χ4v) is 2.91. The summed E-state index contributed by atoms with van der Waals surface area (Å²) in [4.78, 5) is 20.1. The van der Waals surface area contributed by atoms with E-state index < -0.39 is 5.92 Å². The Bertz CT molecular complexity index is 955. The summed E-state index contributed by atoms with van der Waals surface area (Å²) < 4.78 is 5.68. The maximum absolute atomic E-state index is 12.9. The monoisotopic (exact) mass is 328 g/mol. The van der Waals surface area contributed by atoms with Crippen LogP contribution in [0, 0.1) is 0 Å². The fourth-order valence-electron chi connectivity index (χ4n) is 2.91. The number of ether oxygens (including phenoxy) is 1. The van der Waals surface area contributed by atoms with E-state index in [1.807, 2.05) is 66.7 Å². The van der Waals surface area contributed by atoms with Gasteiger partial charge in [0.1, 0.15) is 11.7 Å². The van der Waals surface area contributed by atoms with E-state index in [4.69, 9.17) is 4.74 Å². The second kappa shape index (κ2) is 6.61. The second-order valence-electron chi connectivity index (χ2n) is 5.76. The van der Waals surface area contributed by atoms with Crippen LogP contribution >= 0.6 is 0 Å². The van der Waals surface area contributed by atoms with Crippen LogP contribution in [0.15, 0.2) is 85.2 Å². The minimum Gasteiger partial charge on any atom is -0.426 e. The maximum Gasteiger partial charge on any atom is 0.323 e. The summed E-state index contributed by atoms with van der Waals surface area (Å²) in [6.45, 7) is 0. The van der Waals surface area contributed by atoms with Crippen LogP contribution in [-0.2, 0) is 4.79 Å². The molecule has 25 heavy (non-hydrogen) atoms. The van der Waals surface area contributed by atoms with Crippen LogP contribution in [0.2, 0.25) is 0 Å². The number of H-pyrrole nitrogens is 1. The first kappa shape index (κ1) is 15.1. The van der Waals surface area contributed by atoms with Gasteiger partial charge in [-0.25, -0.2) is 4.98 Å². The molecule has 4 nitrogen and oxygen atoms in total. The van der Waals surface area contributed by atoms with Gasteiger partial charge < -0.3 is 9.72 Å². The SMILES string of the molecule is O=C(Oc1ccc2nc[nH]c2c1)C(c1ccccc1)c1ccccc1. The number of nitrogens with zero attached hydrogens (tertiary/aromatic N) is 1. The Morgan fingerprint density at radius 1 is 0.880 bits per heavy atom. The number of benzene rings is 3. The van der Waals surface area contributed by atoms with Gasteiger partial charge in [0.25, 0.3) is 0 Å². The number of esters is 1. The number of fused-ring (bicyclic) bond motifs is 1. The molecule has 1 heterocycles. The highest BCUT2D eigenvalue weighted by molar-refractivity contribution is 5.85. The van der Waals surface area contributed by atoms with Gasteiger partial charge >= 0.3 is 5.97 Å². The molecule has 0 atom stereocenters. The average molecular weight is 328 g/mol. The van der Waals surface area contributed by atoms with Crippen LogP contribution < -0.4 is 4.74 Å². The highest BCUT2D eigenvalue weighted by Gasteiger charge is 2.24. The highest BCUT2D eigenvalue weighted by atomic mass is 16.5. The predicted molar refractivity (Wildman–Crippen MR) is 96.5 cm³/mol. The summed E-state index contributed by atoms with van der Waals surface area (Å²) in [5.74, 6) is -0.283. The van der Waals surface area contributed by atoms with Crippen LogP contribution in [0.25, 0.3) is 11.0 Å². The summed E-state index contributed by atoms with van der Waals surface area (Å²) in [5.41, 5.74) is 3.48. The Labute approximate surface area is 145 Å². The van der Waals surface area contributed by atoms with E-state index in [1.54, 1.807) is 18.5 Å². The summed E-state index contributed by atoms with van der Waals surface area (Å²) >= 11 is 0. The van der Waals surface area contributed by atoms with E-state index >= 15 is 0 Å². The van der Waals surface area contributed by atoms with Gasteiger partial charge in [0.2, 0.25) is 0 Å². The van der Waals surface area contributed by atoms with Crippen molar-refractivity contribution in [1.29, 1.82) is 0 Å². The molecule has 0 amide bonds. The molecule has 0 aliphatic carbocycles. The lowest BCUT2D eigenvalue weighted by Crippen LogP contribution is -2.20. The maximum atomic E-state index is 12.9. The van der Waals surface area contributed by atoms with Crippen molar-refractivity contribution in [2.24, 2.45) is 0 Å². The molecule has 1 aromatic heterocycles. The van der Waals surface area contributed by atoms with E-state index in [2.05, 4.69) is 9.97 Å². The third-order valence-corrected chi connectivity index (χ3v) is 4.11. The van der Waals surface area contributed by atoms with E-state index in [0.717, 1.165) is 22.2 Å². The first-order valence-electron chi connectivity index (χ1n) is 8.06. The van der Waals surface area contributed by atoms with E-state index in [0.29, 0.717) is 5.75 Å². The van der Waals surface area contributed by atoms with Gasteiger partial charge in [0.05, 0.1) is 17.4 Å². The van der Waals surface area contributed by atoms with Crippen molar-refractivity contribution in [3.05, 3.63) is 96.3 Å². The Kier molecular flexibility index (Phi) is 4.01. The Morgan fingerprint density at radius 3 is 2.16 bits per heavy atom. The average Bonchev–Trinajstić information content (AvgIpc) is 3.11. The first-order chi connectivity index (χ1) is 12.3. The van der Waals surface area contributed by atoms with Crippen molar-refractivity contribution in [1.82, 2.24) is 9.97 Å². The quantitative estimate of drug-likeness (QED) is 0.449. The molecule has 3 aromatic carbocycles. The molecule has 0 radical (unpaired) electrons. The van der Waals surface area contributed by atoms with Crippen molar-refractivity contribution < 1.29 is 9.53 Å². The largest absolute Gasteiger partial charge is 0.426 e. The molecule has 0 spiro atoms. The summed E-state index contributed by atoms with van der Waals surface area (Å²) in [6, 6.07) is 24.7. The van der Waals surface area contributed by atoms with Gasteiger partial charge in [0, 0.05) is 6.07 Å². The van der Waals surface area contributed by atoms with Crippen LogP contribution in [0.5, 0.6) is 5.75 Å². The number of hydrogen-bond donors (Lipinski definition) is 1. The van der Waals surface area contributed by atoms with Gasteiger partial charge in [0.15, 0.2) is 0 Å². The molecular weight excluding hydrogens is 312 g/mol. The van der Waals surface area contributed by atoms with Crippen molar-refractivity contribution in [2.45, 2.75) is 5.92 Å². The van der Waals surface area contributed by atoms with Crippen LogP contribution in [-0.4, -0.2) is 15.9 Å². The third-order valence-electron chi connectivity index (χ3n) is 4.11. The molecule has 0 saturated heterocycles. The second-order valence-corrected chi connectivity index (χ2v) is 5.76. The van der Waals surface area contributed by atoms with Gasteiger partial charge in [-0.15, -0.1) is 0 Å². The van der Waals surface area contributed by atoms with Crippen molar-refractivity contribution in [2.75, 3.05) is 0 Å². The lowest BCUT2D eigenvalue weighted by atomic mass is 9.91. The van der Waals surface area contributed by atoms with E-state index in [1.165, 1.54) is 0 Å². The number of nitrogens with one attached hydrogen (secondary N) is 1. The number of carbonyl (C=O) groups is 1. The van der Waals surface area contributed by atoms with Gasteiger partial charge in [-0.3, -0.25) is 4.79 Å². The number of rotatable bonds is 4. The third kappa shape index (κ3) is 3.15. The predicted octanol–water partition coefficient (Wildman–Crippen LogP) is 4.30. The van der Waals surface area contributed by atoms with Gasteiger partial charge in [-0.05, 0) is 23.3 Å². The topological polar surface area (TPSA) is 55.0 Å². The molecule has 0 aliphatic heterocycles. The van der Waals surface area contributed by atoms with Gasteiger partial charge in [-0.1, -0.05) is 60.7 Å². The number of hydrogen-bond acceptors (Lipinski definition) is 3. The molecule has 0 fully saturated rings. The zero-order valence-corrected chi connectivity index (χ0v) is 13.4. The number of imidazole rings is 1. The lowest BCUT2D eigenvalue weighted by molar-refractivity contribution is -0.135. The van der Waals surface area contributed by atoms with Crippen LogP contribution in [0.3, 0.4) is 0 Å². The molecule has 1 N–H and O–H groups in total. The molecule has 0 saturated carbocycles. The summed E-state index contributed by atoms with van der Waals surface area (Å²) in [7, 11) is 0. The summed E-state index contributed by atoms with van der Waals surface area (Å²) in [5, 5.41) is 0. The highest BCUT2D eigenvalue weighted by Crippen LogP contribution is 2.27. The zero-order valence-electron chi connectivity index (χ0n) is 13.4. The smallest absolute Gasteiger partial charge is 0.323 e. The minimum atomic E-state index is -0.472. The molecule has 122 valence electrons. The molecule has 4 aromatic rings. The van der Waals surface area contributed by atoms with Gasteiger partial charge in [-0.2, -0.15) is 0 Å². The van der Waals surface area contributed by atoms with E-state index in [9.17, 15) is 4.79 Å². The molecule has 0 unspecified atom stereocenters. The number of carbonyl (C=O) groups excluding carboxylic acids is 1. The lowest BCUT2D eigenvalue weighted by Gasteiger charge is -2.17. The van der Waals surface area contributed by atoms with Crippen molar-refractivity contribution in [3.8, 4) is 5.75 Å². The Hall–Kier alpha value is -3.40.